The second-order valence-corrected chi connectivity index (χ2v) is 13.6. The zero-order valence-corrected chi connectivity index (χ0v) is 24.7. The topological polar surface area (TPSA) is 115 Å². The highest BCUT2D eigenvalue weighted by molar-refractivity contribution is 8.14. The van der Waals surface area contributed by atoms with Crippen LogP contribution in [0.5, 0.6) is 11.5 Å². The number of hydrogen-bond donors (Lipinski definition) is 0. The summed E-state index contributed by atoms with van der Waals surface area (Å²) >= 11 is 1.02. The van der Waals surface area contributed by atoms with Crippen LogP contribution in [0.15, 0.2) is 41.5 Å². The number of rotatable bonds is 3. The fourth-order valence-corrected chi connectivity index (χ4v) is 7.77. The van der Waals surface area contributed by atoms with Gasteiger partial charge in [-0.15, -0.1) is 0 Å². The first kappa shape index (κ1) is 27.0. The SMILES string of the molecule is CC1SC(=O)N(C(=O)C23CCC(C)(C(=O)O2)C3(C)C)N=C1c1ccc2c(c1)CCCN2C(=O)c1ccc2c(c1)OCO2. The van der Waals surface area contributed by atoms with Gasteiger partial charge in [0.1, 0.15) is 0 Å². The number of carbonyl (C=O) groups excluding carboxylic acids is 4. The van der Waals surface area contributed by atoms with E-state index in [0.717, 1.165) is 46.4 Å². The zero-order chi connectivity index (χ0) is 29.6. The predicted molar refractivity (Wildman–Crippen MR) is 155 cm³/mol. The predicted octanol–water partition coefficient (Wildman–Crippen LogP) is 4.92. The first-order chi connectivity index (χ1) is 20.0. The van der Waals surface area contributed by atoms with Crippen LogP contribution in [-0.4, -0.2) is 57.9 Å². The minimum Gasteiger partial charge on any atom is -0.454 e. The molecule has 2 aromatic rings. The molecule has 2 fully saturated rings. The van der Waals surface area contributed by atoms with E-state index in [1.165, 1.54) is 0 Å². The number of esters is 1. The van der Waals surface area contributed by atoms with Crippen molar-refractivity contribution in [1.82, 2.24) is 5.01 Å². The highest BCUT2D eigenvalue weighted by Gasteiger charge is 2.76. The zero-order valence-electron chi connectivity index (χ0n) is 23.9. The molecule has 2 aromatic carbocycles. The number of amides is 3. The molecule has 3 atom stereocenters. The number of hydrogen-bond acceptors (Lipinski definition) is 9. The lowest BCUT2D eigenvalue weighted by atomic mass is 9.66. The van der Waals surface area contributed by atoms with Gasteiger partial charge in [-0.1, -0.05) is 31.7 Å². The monoisotopic (exact) mass is 589 g/mol. The first-order valence-electron chi connectivity index (χ1n) is 14.2. The fourth-order valence-electron chi connectivity index (χ4n) is 6.95. The number of carbonyl (C=O) groups is 4. The molecular weight excluding hydrogens is 558 g/mol. The number of ether oxygens (including phenoxy) is 3. The van der Waals surface area contributed by atoms with E-state index >= 15 is 0 Å². The molecule has 0 aromatic heterocycles. The second kappa shape index (κ2) is 9.07. The van der Waals surface area contributed by atoms with Gasteiger partial charge in [0.05, 0.1) is 16.4 Å². The molecule has 5 aliphatic rings. The Balaban J connectivity index is 1.20. The van der Waals surface area contributed by atoms with Gasteiger partial charge in [0.15, 0.2) is 17.1 Å². The summed E-state index contributed by atoms with van der Waals surface area (Å²) in [4.78, 5) is 55.2. The summed E-state index contributed by atoms with van der Waals surface area (Å²) < 4.78 is 16.6. The van der Waals surface area contributed by atoms with Crippen LogP contribution in [0.2, 0.25) is 0 Å². The molecular formula is C31H31N3O7S. The van der Waals surface area contributed by atoms with Gasteiger partial charge < -0.3 is 19.1 Å². The number of imide groups is 1. The molecule has 4 aliphatic heterocycles. The van der Waals surface area contributed by atoms with Crippen LogP contribution >= 0.6 is 11.8 Å². The minimum atomic E-state index is -1.43. The normalized spacial score (nSPS) is 28.9. The minimum absolute atomic E-state index is 0.125. The van der Waals surface area contributed by atoms with Crippen LogP contribution in [0.25, 0.3) is 0 Å². The Labute approximate surface area is 247 Å². The lowest BCUT2D eigenvalue weighted by molar-refractivity contribution is -0.172. The molecule has 2 bridgehead atoms. The Hall–Kier alpha value is -3.86. The fraction of sp³-hybridized carbons (Fsp3) is 0.452. The van der Waals surface area contributed by atoms with Crippen molar-refractivity contribution < 1.29 is 33.4 Å². The van der Waals surface area contributed by atoms with Gasteiger partial charge in [-0.05, 0) is 81.0 Å². The Morgan fingerprint density at radius 1 is 1.02 bits per heavy atom. The molecule has 10 nitrogen and oxygen atoms in total. The molecule has 218 valence electrons. The van der Waals surface area contributed by atoms with Gasteiger partial charge in [-0.3, -0.25) is 19.2 Å². The van der Waals surface area contributed by atoms with Gasteiger partial charge in [-0.2, -0.15) is 10.1 Å². The highest BCUT2D eigenvalue weighted by atomic mass is 32.2. The lowest BCUT2D eigenvalue weighted by Crippen LogP contribution is -2.55. The van der Waals surface area contributed by atoms with Crippen molar-refractivity contribution in [3.05, 3.63) is 53.1 Å². The van der Waals surface area contributed by atoms with Crippen LogP contribution in [-0.2, 0) is 20.7 Å². The number of fused-ring (bicyclic) bond motifs is 4. The maximum Gasteiger partial charge on any atom is 0.313 e. The standard InChI is InChI=1S/C31H31N3O7S/c1-17-24(32-34(28(38)42-17)26(36)31-12-11-30(4,27(37)41-31)29(31,2)3)19-7-9-21-18(14-19)6-5-13-33(21)25(35)20-8-10-22-23(15-20)40-16-39-22/h7-10,14-15,17H,5-6,11-13,16H2,1-4H3. The van der Waals surface area contributed by atoms with Crippen molar-refractivity contribution in [3.8, 4) is 11.5 Å². The highest BCUT2D eigenvalue weighted by Crippen LogP contribution is 2.66. The summed E-state index contributed by atoms with van der Waals surface area (Å²) in [6.45, 7) is 8.15. The molecule has 7 rings (SSSR count). The quantitative estimate of drug-likeness (QED) is 0.464. The van der Waals surface area contributed by atoms with E-state index in [1.54, 1.807) is 23.1 Å². The van der Waals surface area contributed by atoms with Crippen molar-refractivity contribution in [3.63, 3.8) is 0 Å². The molecule has 1 saturated heterocycles. The molecule has 3 unspecified atom stereocenters. The van der Waals surface area contributed by atoms with E-state index in [-0.39, 0.29) is 18.0 Å². The van der Waals surface area contributed by atoms with E-state index in [0.29, 0.717) is 42.2 Å². The molecule has 3 amide bonds. The van der Waals surface area contributed by atoms with E-state index in [9.17, 15) is 19.2 Å². The number of benzene rings is 2. The number of nitrogens with zero attached hydrogens (tertiary/aromatic N) is 3. The van der Waals surface area contributed by atoms with Crippen molar-refractivity contribution >= 4 is 46.2 Å². The third-order valence-corrected chi connectivity index (χ3v) is 11.0. The maximum atomic E-state index is 14.0. The molecule has 11 heteroatoms. The van der Waals surface area contributed by atoms with Crippen LogP contribution in [0.3, 0.4) is 0 Å². The Morgan fingerprint density at radius 2 is 1.81 bits per heavy atom. The molecule has 42 heavy (non-hydrogen) atoms. The summed E-state index contributed by atoms with van der Waals surface area (Å²) in [7, 11) is 0. The van der Waals surface area contributed by atoms with Crippen LogP contribution < -0.4 is 14.4 Å². The van der Waals surface area contributed by atoms with Gasteiger partial charge in [0, 0.05) is 23.2 Å². The maximum absolute atomic E-state index is 14.0. The van der Waals surface area contributed by atoms with Crippen LogP contribution in [0.1, 0.15) is 68.4 Å². The molecule has 0 spiro atoms. The van der Waals surface area contributed by atoms with E-state index < -0.39 is 33.5 Å². The summed E-state index contributed by atoms with van der Waals surface area (Å²) in [6.07, 6.45) is 2.42. The summed E-state index contributed by atoms with van der Waals surface area (Å²) in [6, 6.07) is 11.0. The number of hydrazone groups is 1. The average Bonchev–Trinajstić information content (AvgIpc) is 3.57. The largest absolute Gasteiger partial charge is 0.454 e. The van der Waals surface area contributed by atoms with Crippen molar-refractivity contribution in [2.75, 3.05) is 18.2 Å². The third-order valence-electron chi connectivity index (χ3n) is 10.0. The lowest BCUT2D eigenvalue weighted by Gasteiger charge is -2.38. The Bertz CT molecular complexity index is 1620. The Kier molecular flexibility index (Phi) is 5.83. The van der Waals surface area contributed by atoms with Gasteiger partial charge in [0.2, 0.25) is 6.79 Å². The third kappa shape index (κ3) is 3.55. The second-order valence-electron chi connectivity index (χ2n) is 12.3. The first-order valence-corrected chi connectivity index (χ1v) is 15.1. The molecule has 0 N–H and O–H groups in total. The van der Waals surface area contributed by atoms with Crippen molar-refractivity contribution in [2.24, 2.45) is 15.9 Å². The van der Waals surface area contributed by atoms with Crippen molar-refractivity contribution in [2.45, 2.75) is 64.2 Å². The molecule has 1 saturated carbocycles. The average molecular weight is 590 g/mol. The van der Waals surface area contributed by atoms with Gasteiger partial charge in [0.25, 0.3) is 11.8 Å². The molecule has 1 aliphatic carbocycles. The van der Waals surface area contributed by atoms with Crippen LogP contribution in [0, 0.1) is 10.8 Å². The number of anilines is 1. The van der Waals surface area contributed by atoms with E-state index in [2.05, 4.69) is 5.10 Å². The Morgan fingerprint density at radius 3 is 2.55 bits per heavy atom. The number of aryl methyl sites for hydroxylation is 1. The molecule has 4 heterocycles. The van der Waals surface area contributed by atoms with E-state index in [4.69, 9.17) is 14.2 Å². The summed E-state index contributed by atoms with van der Waals surface area (Å²) in [5.41, 5.74) is 0.644. The van der Waals surface area contributed by atoms with Gasteiger partial charge in [-0.25, -0.2) is 0 Å². The summed E-state index contributed by atoms with van der Waals surface area (Å²) in [5.74, 6) is 0.0534. The van der Waals surface area contributed by atoms with Gasteiger partial charge >= 0.3 is 11.2 Å². The summed E-state index contributed by atoms with van der Waals surface area (Å²) in [5, 5.41) is 4.71. The smallest absolute Gasteiger partial charge is 0.313 e. The molecule has 0 radical (unpaired) electrons. The van der Waals surface area contributed by atoms with Crippen molar-refractivity contribution in [1.29, 1.82) is 0 Å². The van der Waals surface area contributed by atoms with E-state index in [1.807, 2.05) is 45.9 Å². The number of thioether (sulfide) groups is 1. The van der Waals surface area contributed by atoms with Crippen LogP contribution in [0.4, 0.5) is 10.5 Å².